The highest BCUT2D eigenvalue weighted by Gasteiger charge is 2.25. The molecule has 2 N–H and O–H groups in total. The molecule has 1 amide bonds. The molecule has 3 aromatic rings. The lowest BCUT2D eigenvalue weighted by atomic mass is 10.1. The van der Waals surface area contributed by atoms with E-state index in [4.69, 9.17) is 4.98 Å². The van der Waals surface area contributed by atoms with E-state index in [2.05, 4.69) is 38.9 Å². The summed E-state index contributed by atoms with van der Waals surface area (Å²) in [5.41, 5.74) is 3.69. The zero-order valence-corrected chi connectivity index (χ0v) is 19.2. The fourth-order valence-electron chi connectivity index (χ4n) is 4.42. The molecule has 0 bridgehead atoms. The van der Waals surface area contributed by atoms with Gasteiger partial charge in [-0.1, -0.05) is 26.2 Å². The molecule has 0 aliphatic carbocycles. The third-order valence-electron chi connectivity index (χ3n) is 6.16. The second-order valence-corrected chi connectivity index (χ2v) is 8.48. The Morgan fingerprint density at radius 1 is 1.22 bits per heavy atom. The molecule has 0 saturated carbocycles. The number of anilines is 1. The average Bonchev–Trinajstić information content (AvgIpc) is 3.20. The first-order valence-corrected chi connectivity index (χ1v) is 11.9. The minimum atomic E-state index is -0.190. The van der Waals surface area contributed by atoms with Crippen LogP contribution in [-0.2, 0) is 11.3 Å². The second kappa shape index (κ2) is 10.7. The Balaban J connectivity index is 1.44. The number of pyridine rings is 1. The van der Waals surface area contributed by atoms with Gasteiger partial charge >= 0.3 is 0 Å². The molecule has 2 aromatic heterocycles. The largest absolute Gasteiger partial charge is 0.325 e. The van der Waals surface area contributed by atoms with Crippen LogP contribution in [0.1, 0.15) is 39.5 Å². The van der Waals surface area contributed by atoms with E-state index >= 15 is 0 Å². The smallest absolute Gasteiger partial charge is 0.242 e. The van der Waals surface area contributed by atoms with Crippen LogP contribution in [0, 0.1) is 0 Å². The highest BCUT2D eigenvalue weighted by atomic mass is 16.2. The van der Waals surface area contributed by atoms with Gasteiger partial charge in [-0.3, -0.25) is 14.7 Å². The molecule has 170 valence electrons. The molecule has 32 heavy (non-hydrogen) atoms. The van der Waals surface area contributed by atoms with Crippen molar-refractivity contribution in [2.75, 3.05) is 31.5 Å². The molecule has 1 unspecified atom stereocenters. The highest BCUT2D eigenvalue weighted by Crippen LogP contribution is 2.26. The number of nitrogens with zero attached hydrogens (tertiary/aromatic N) is 4. The number of aromatic nitrogens is 3. The van der Waals surface area contributed by atoms with E-state index in [1.165, 1.54) is 25.7 Å². The van der Waals surface area contributed by atoms with E-state index in [1.54, 1.807) is 6.20 Å². The monoisotopic (exact) mass is 434 g/mol. The van der Waals surface area contributed by atoms with Gasteiger partial charge in [0.2, 0.25) is 5.91 Å². The first-order chi connectivity index (χ1) is 15.7. The SMILES string of the molecule is CCCCCCN1CCNC(C(=O)Nc2ccc3c(c2)nc(-c2cccnc2)n3CC)C1. The van der Waals surface area contributed by atoms with Crippen molar-refractivity contribution in [2.45, 2.75) is 52.1 Å². The fourth-order valence-corrected chi connectivity index (χ4v) is 4.42. The van der Waals surface area contributed by atoms with Gasteiger partial charge in [-0.05, 0) is 50.2 Å². The summed E-state index contributed by atoms with van der Waals surface area (Å²) >= 11 is 0. The number of aryl methyl sites for hydroxylation is 1. The van der Waals surface area contributed by atoms with Crippen LogP contribution in [0.25, 0.3) is 22.4 Å². The molecule has 1 aliphatic rings. The van der Waals surface area contributed by atoms with Crippen LogP contribution in [0.3, 0.4) is 0 Å². The Bertz CT molecular complexity index is 1030. The molecule has 7 heteroatoms. The summed E-state index contributed by atoms with van der Waals surface area (Å²) in [6.45, 7) is 8.84. The summed E-state index contributed by atoms with van der Waals surface area (Å²) in [4.78, 5) is 24.4. The number of rotatable bonds is 9. The Labute approximate surface area is 190 Å². The van der Waals surface area contributed by atoms with Crippen molar-refractivity contribution in [3.63, 3.8) is 0 Å². The van der Waals surface area contributed by atoms with E-state index in [0.717, 1.165) is 60.8 Å². The summed E-state index contributed by atoms with van der Waals surface area (Å²) in [6.07, 6.45) is 8.60. The number of nitrogens with one attached hydrogen (secondary N) is 2. The van der Waals surface area contributed by atoms with Crippen LogP contribution in [0.15, 0.2) is 42.7 Å². The van der Waals surface area contributed by atoms with Gasteiger partial charge in [0.1, 0.15) is 5.82 Å². The molecule has 0 radical (unpaired) electrons. The number of piperazine rings is 1. The number of carbonyl (C=O) groups is 1. The quantitative estimate of drug-likeness (QED) is 0.500. The van der Waals surface area contributed by atoms with Gasteiger partial charge in [-0.2, -0.15) is 0 Å². The third-order valence-corrected chi connectivity index (χ3v) is 6.16. The standard InChI is InChI=1S/C25H34N6O/c1-3-5-6-7-14-30-15-13-27-22(18-30)25(32)28-20-10-11-23-21(16-20)29-24(31(23)4-2)19-9-8-12-26-17-19/h8-12,16-17,22,27H,3-7,13-15,18H2,1-2H3,(H,28,32). The normalized spacial score (nSPS) is 17.0. The molecular weight excluding hydrogens is 400 g/mol. The molecule has 1 aliphatic heterocycles. The number of benzene rings is 1. The number of fused-ring (bicyclic) bond motifs is 1. The molecule has 7 nitrogen and oxygen atoms in total. The number of imidazole rings is 1. The van der Waals surface area contributed by atoms with E-state index < -0.39 is 0 Å². The summed E-state index contributed by atoms with van der Waals surface area (Å²) < 4.78 is 2.18. The van der Waals surface area contributed by atoms with Crippen molar-refractivity contribution in [3.8, 4) is 11.4 Å². The predicted octanol–water partition coefficient (Wildman–Crippen LogP) is 3.91. The van der Waals surface area contributed by atoms with Gasteiger partial charge < -0.3 is 15.2 Å². The van der Waals surface area contributed by atoms with Crippen LogP contribution in [0.2, 0.25) is 0 Å². The van der Waals surface area contributed by atoms with Gasteiger partial charge in [0.15, 0.2) is 0 Å². The van der Waals surface area contributed by atoms with Crippen molar-refractivity contribution < 1.29 is 4.79 Å². The first-order valence-electron chi connectivity index (χ1n) is 11.9. The average molecular weight is 435 g/mol. The maximum absolute atomic E-state index is 12.9. The van der Waals surface area contributed by atoms with Crippen LogP contribution in [-0.4, -0.2) is 57.6 Å². The Kier molecular flexibility index (Phi) is 7.50. The minimum absolute atomic E-state index is 0.0185. The van der Waals surface area contributed by atoms with Crippen molar-refractivity contribution in [1.82, 2.24) is 24.8 Å². The fraction of sp³-hybridized carbons (Fsp3) is 0.480. The Morgan fingerprint density at radius 3 is 2.91 bits per heavy atom. The number of carbonyl (C=O) groups excluding carboxylic acids is 1. The Morgan fingerprint density at radius 2 is 2.12 bits per heavy atom. The van der Waals surface area contributed by atoms with Gasteiger partial charge in [-0.25, -0.2) is 4.98 Å². The summed E-state index contributed by atoms with van der Waals surface area (Å²) in [7, 11) is 0. The number of unbranched alkanes of at least 4 members (excludes halogenated alkanes) is 3. The van der Waals surface area contributed by atoms with Gasteiger partial charge in [-0.15, -0.1) is 0 Å². The number of hydrogen-bond acceptors (Lipinski definition) is 5. The predicted molar refractivity (Wildman–Crippen MR) is 130 cm³/mol. The highest BCUT2D eigenvalue weighted by molar-refractivity contribution is 5.97. The van der Waals surface area contributed by atoms with Crippen LogP contribution in [0.4, 0.5) is 5.69 Å². The van der Waals surface area contributed by atoms with Crippen LogP contribution < -0.4 is 10.6 Å². The van der Waals surface area contributed by atoms with Crippen molar-refractivity contribution in [1.29, 1.82) is 0 Å². The van der Waals surface area contributed by atoms with E-state index in [0.29, 0.717) is 0 Å². The van der Waals surface area contributed by atoms with Crippen molar-refractivity contribution >= 4 is 22.6 Å². The third kappa shape index (κ3) is 5.16. The molecule has 3 heterocycles. The minimum Gasteiger partial charge on any atom is -0.325 e. The van der Waals surface area contributed by atoms with Gasteiger partial charge in [0.05, 0.1) is 17.1 Å². The van der Waals surface area contributed by atoms with Crippen LogP contribution in [0.5, 0.6) is 0 Å². The summed E-state index contributed by atoms with van der Waals surface area (Å²) in [5, 5.41) is 6.47. The summed E-state index contributed by atoms with van der Waals surface area (Å²) in [6, 6.07) is 9.72. The molecule has 0 spiro atoms. The van der Waals surface area contributed by atoms with E-state index in [-0.39, 0.29) is 11.9 Å². The summed E-state index contributed by atoms with van der Waals surface area (Å²) in [5.74, 6) is 0.914. The molecule has 1 aromatic carbocycles. The van der Waals surface area contributed by atoms with Crippen molar-refractivity contribution in [3.05, 3.63) is 42.7 Å². The van der Waals surface area contributed by atoms with E-state index in [9.17, 15) is 4.79 Å². The molecule has 4 rings (SSSR count). The zero-order valence-electron chi connectivity index (χ0n) is 19.2. The topological polar surface area (TPSA) is 75.1 Å². The second-order valence-electron chi connectivity index (χ2n) is 8.48. The van der Waals surface area contributed by atoms with Gasteiger partial charge in [0, 0.05) is 49.8 Å². The molecule has 1 fully saturated rings. The zero-order chi connectivity index (χ0) is 22.3. The maximum atomic E-state index is 12.9. The lowest BCUT2D eigenvalue weighted by molar-refractivity contribution is -0.119. The maximum Gasteiger partial charge on any atom is 0.242 e. The van der Waals surface area contributed by atoms with Crippen molar-refractivity contribution in [2.24, 2.45) is 0 Å². The van der Waals surface area contributed by atoms with Gasteiger partial charge in [0.25, 0.3) is 0 Å². The molecule has 1 atom stereocenters. The van der Waals surface area contributed by atoms with E-state index in [1.807, 2.05) is 36.5 Å². The molecular formula is C25H34N6O. The number of hydrogen-bond donors (Lipinski definition) is 2. The Hall–Kier alpha value is -2.77. The van der Waals surface area contributed by atoms with Crippen LogP contribution >= 0.6 is 0 Å². The lowest BCUT2D eigenvalue weighted by Crippen LogP contribution is -2.55. The molecule has 1 saturated heterocycles. The first kappa shape index (κ1) is 22.4. The lowest BCUT2D eigenvalue weighted by Gasteiger charge is -2.32. The number of amides is 1.